The zero-order valence-electron chi connectivity index (χ0n) is 12.9. The number of nitrogens with one attached hydrogen (secondary N) is 1. The van der Waals surface area contributed by atoms with Crippen LogP contribution in [0.2, 0.25) is 0 Å². The van der Waals surface area contributed by atoms with Crippen molar-refractivity contribution in [2.24, 2.45) is 0 Å². The van der Waals surface area contributed by atoms with Gasteiger partial charge in [-0.05, 0) is 49.5 Å². The van der Waals surface area contributed by atoms with E-state index in [1.807, 2.05) is 0 Å². The Morgan fingerprint density at radius 2 is 1.68 bits per heavy atom. The molecule has 1 atom stereocenters. The highest BCUT2D eigenvalue weighted by atomic mass is 15.2. The monoisotopic (exact) mass is 260 g/mol. The van der Waals surface area contributed by atoms with E-state index < -0.39 is 0 Å². The first-order chi connectivity index (χ1) is 9.00. The lowest BCUT2D eigenvalue weighted by atomic mass is 9.86. The molecule has 106 valence electrons. The van der Waals surface area contributed by atoms with Crippen molar-refractivity contribution in [3.05, 3.63) is 35.4 Å². The van der Waals surface area contributed by atoms with Crippen LogP contribution in [0.25, 0.3) is 0 Å². The van der Waals surface area contributed by atoms with Crippen molar-refractivity contribution in [1.29, 1.82) is 0 Å². The SMILES string of the molecule is CNC(CN1CCCC1)c1ccc(C(C)(C)C)cc1. The third-order valence-electron chi connectivity index (χ3n) is 4.17. The molecule has 0 saturated carbocycles. The lowest BCUT2D eigenvalue weighted by Crippen LogP contribution is -2.31. The molecule has 1 fully saturated rings. The number of benzene rings is 1. The fourth-order valence-corrected chi connectivity index (χ4v) is 2.80. The summed E-state index contributed by atoms with van der Waals surface area (Å²) < 4.78 is 0. The van der Waals surface area contributed by atoms with Gasteiger partial charge >= 0.3 is 0 Å². The van der Waals surface area contributed by atoms with E-state index in [1.54, 1.807) is 0 Å². The van der Waals surface area contributed by atoms with Crippen molar-refractivity contribution < 1.29 is 0 Å². The third kappa shape index (κ3) is 3.80. The van der Waals surface area contributed by atoms with E-state index in [1.165, 1.54) is 37.1 Å². The van der Waals surface area contributed by atoms with Crippen LogP contribution >= 0.6 is 0 Å². The van der Waals surface area contributed by atoms with Crippen molar-refractivity contribution in [1.82, 2.24) is 10.2 Å². The summed E-state index contributed by atoms with van der Waals surface area (Å²) in [5, 5.41) is 3.46. The number of nitrogens with zero attached hydrogens (tertiary/aromatic N) is 1. The molecule has 2 rings (SSSR count). The normalized spacial score (nSPS) is 18.7. The Labute approximate surface area is 118 Å². The molecule has 2 nitrogen and oxygen atoms in total. The van der Waals surface area contributed by atoms with E-state index in [4.69, 9.17) is 0 Å². The Bertz CT molecular complexity index is 383. The summed E-state index contributed by atoms with van der Waals surface area (Å²) in [6.45, 7) is 10.5. The summed E-state index contributed by atoms with van der Waals surface area (Å²) in [4.78, 5) is 2.57. The Kier molecular flexibility index (Phi) is 4.64. The predicted octanol–water partition coefficient (Wildman–Crippen LogP) is 3.34. The lowest BCUT2D eigenvalue weighted by Gasteiger charge is -2.25. The molecule has 19 heavy (non-hydrogen) atoms. The van der Waals surface area contributed by atoms with E-state index in [9.17, 15) is 0 Å². The molecular weight excluding hydrogens is 232 g/mol. The smallest absolute Gasteiger partial charge is 0.0446 e. The minimum absolute atomic E-state index is 0.239. The van der Waals surface area contributed by atoms with E-state index >= 15 is 0 Å². The maximum Gasteiger partial charge on any atom is 0.0446 e. The summed E-state index contributed by atoms with van der Waals surface area (Å²) in [5.41, 5.74) is 3.05. The molecule has 0 bridgehead atoms. The van der Waals surface area contributed by atoms with Crippen molar-refractivity contribution >= 4 is 0 Å². The quantitative estimate of drug-likeness (QED) is 0.893. The number of hydrogen-bond acceptors (Lipinski definition) is 2. The first-order valence-corrected chi connectivity index (χ1v) is 7.51. The maximum absolute atomic E-state index is 3.46. The molecule has 1 heterocycles. The standard InChI is InChI=1S/C17H28N2/c1-17(2,3)15-9-7-14(8-10-15)16(18-4)13-19-11-5-6-12-19/h7-10,16,18H,5-6,11-13H2,1-4H3. The molecule has 0 radical (unpaired) electrons. The molecule has 2 heteroatoms. The van der Waals surface area contributed by atoms with Crippen LogP contribution in [0.5, 0.6) is 0 Å². The van der Waals surface area contributed by atoms with Gasteiger partial charge in [-0.15, -0.1) is 0 Å². The molecule has 1 aromatic rings. The van der Waals surface area contributed by atoms with Crippen LogP contribution in [0.3, 0.4) is 0 Å². The van der Waals surface area contributed by atoms with Gasteiger partial charge in [0.05, 0.1) is 0 Å². The van der Waals surface area contributed by atoms with Gasteiger partial charge in [-0.2, -0.15) is 0 Å². The highest BCUT2D eigenvalue weighted by molar-refractivity contribution is 5.29. The second-order valence-corrected chi connectivity index (χ2v) is 6.72. The Morgan fingerprint density at radius 3 is 2.16 bits per heavy atom. The molecule has 1 N–H and O–H groups in total. The molecule has 1 aromatic carbocycles. The number of likely N-dealkylation sites (tertiary alicyclic amines) is 1. The third-order valence-corrected chi connectivity index (χ3v) is 4.17. The van der Waals surface area contributed by atoms with Crippen molar-refractivity contribution in [3.63, 3.8) is 0 Å². The zero-order chi connectivity index (χ0) is 13.9. The maximum atomic E-state index is 3.46. The van der Waals surface area contributed by atoms with E-state index in [0.717, 1.165) is 6.54 Å². The molecule has 1 unspecified atom stereocenters. The fourth-order valence-electron chi connectivity index (χ4n) is 2.80. The minimum Gasteiger partial charge on any atom is -0.312 e. The Hall–Kier alpha value is -0.860. The van der Waals surface area contributed by atoms with Gasteiger partial charge in [-0.1, -0.05) is 45.0 Å². The van der Waals surface area contributed by atoms with E-state index in [0.29, 0.717) is 6.04 Å². The van der Waals surface area contributed by atoms with Crippen LogP contribution in [0.4, 0.5) is 0 Å². The highest BCUT2D eigenvalue weighted by Gasteiger charge is 2.19. The van der Waals surface area contributed by atoms with Gasteiger partial charge in [0.2, 0.25) is 0 Å². The van der Waals surface area contributed by atoms with Gasteiger partial charge in [-0.3, -0.25) is 0 Å². The molecule has 0 aromatic heterocycles. The summed E-state index contributed by atoms with van der Waals surface area (Å²) >= 11 is 0. The van der Waals surface area contributed by atoms with Gasteiger partial charge in [0.1, 0.15) is 0 Å². The minimum atomic E-state index is 0.239. The van der Waals surface area contributed by atoms with Gasteiger partial charge in [0.15, 0.2) is 0 Å². The predicted molar refractivity (Wildman–Crippen MR) is 82.6 cm³/mol. The Balaban J connectivity index is 2.05. The van der Waals surface area contributed by atoms with E-state index in [-0.39, 0.29) is 5.41 Å². The topological polar surface area (TPSA) is 15.3 Å². The Morgan fingerprint density at radius 1 is 1.11 bits per heavy atom. The molecule has 1 aliphatic rings. The second kappa shape index (κ2) is 6.06. The average Bonchev–Trinajstić information content (AvgIpc) is 2.88. The summed E-state index contributed by atoms with van der Waals surface area (Å²) in [6.07, 6.45) is 2.72. The van der Waals surface area contributed by atoms with Crippen LogP contribution in [0, 0.1) is 0 Å². The molecule has 0 spiro atoms. The molecule has 0 amide bonds. The van der Waals surface area contributed by atoms with Crippen molar-refractivity contribution in [2.45, 2.75) is 45.1 Å². The fraction of sp³-hybridized carbons (Fsp3) is 0.647. The highest BCUT2D eigenvalue weighted by Crippen LogP contribution is 2.24. The number of hydrogen-bond donors (Lipinski definition) is 1. The molecular formula is C17H28N2. The van der Waals surface area contributed by atoms with Crippen LogP contribution in [-0.4, -0.2) is 31.6 Å². The van der Waals surface area contributed by atoms with Gasteiger partial charge < -0.3 is 10.2 Å². The molecule has 0 aliphatic carbocycles. The van der Waals surface area contributed by atoms with Gasteiger partial charge in [0, 0.05) is 12.6 Å². The zero-order valence-corrected chi connectivity index (χ0v) is 12.9. The van der Waals surface area contributed by atoms with Crippen LogP contribution < -0.4 is 5.32 Å². The van der Waals surface area contributed by atoms with Crippen molar-refractivity contribution in [2.75, 3.05) is 26.7 Å². The number of likely N-dealkylation sites (N-methyl/N-ethyl adjacent to an activating group) is 1. The van der Waals surface area contributed by atoms with Crippen molar-refractivity contribution in [3.8, 4) is 0 Å². The average molecular weight is 260 g/mol. The lowest BCUT2D eigenvalue weighted by molar-refractivity contribution is 0.299. The van der Waals surface area contributed by atoms with Crippen LogP contribution in [0.15, 0.2) is 24.3 Å². The molecule has 1 saturated heterocycles. The second-order valence-electron chi connectivity index (χ2n) is 6.72. The van der Waals surface area contributed by atoms with Gasteiger partial charge in [0.25, 0.3) is 0 Å². The molecule has 1 aliphatic heterocycles. The summed E-state index contributed by atoms with van der Waals surface area (Å²) in [5.74, 6) is 0. The first-order valence-electron chi connectivity index (χ1n) is 7.51. The summed E-state index contributed by atoms with van der Waals surface area (Å²) in [7, 11) is 2.07. The van der Waals surface area contributed by atoms with Crippen LogP contribution in [-0.2, 0) is 5.41 Å². The summed E-state index contributed by atoms with van der Waals surface area (Å²) in [6, 6.07) is 9.59. The van der Waals surface area contributed by atoms with Crippen LogP contribution in [0.1, 0.15) is 50.8 Å². The largest absolute Gasteiger partial charge is 0.312 e. The van der Waals surface area contributed by atoms with E-state index in [2.05, 4.69) is 62.3 Å². The van der Waals surface area contributed by atoms with Gasteiger partial charge in [-0.25, -0.2) is 0 Å². The first kappa shape index (κ1) is 14.5. The number of rotatable bonds is 4.